The van der Waals surface area contributed by atoms with E-state index in [-0.39, 0.29) is 5.60 Å². The lowest BCUT2D eigenvalue weighted by Gasteiger charge is -2.37. The standard InChI is InChI=1S/C16H35NO/c1-13(2)11-17-12-16(7,14(3)4)10-9-15(5,6)18-8/h13-14,17H,9-12H2,1-8H3. The van der Waals surface area contributed by atoms with Crippen molar-refractivity contribution < 1.29 is 4.74 Å². The fraction of sp³-hybridized carbons (Fsp3) is 1.00. The zero-order chi connectivity index (χ0) is 14.4. The zero-order valence-corrected chi connectivity index (χ0v) is 13.9. The van der Waals surface area contributed by atoms with Gasteiger partial charge in [0, 0.05) is 13.7 Å². The van der Waals surface area contributed by atoms with Gasteiger partial charge in [-0.05, 0) is 50.5 Å². The van der Waals surface area contributed by atoms with E-state index in [1.165, 1.54) is 6.42 Å². The lowest BCUT2D eigenvalue weighted by Crippen LogP contribution is -2.39. The molecule has 110 valence electrons. The van der Waals surface area contributed by atoms with Crippen molar-refractivity contribution in [2.45, 2.75) is 66.9 Å². The van der Waals surface area contributed by atoms with E-state index in [2.05, 4.69) is 53.8 Å². The Bertz CT molecular complexity index is 223. The highest BCUT2D eigenvalue weighted by Gasteiger charge is 2.30. The van der Waals surface area contributed by atoms with Crippen molar-refractivity contribution in [2.75, 3.05) is 20.2 Å². The molecule has 1 N–H and O–H groups in total. The molecule has 2 heteroatoms. The summed E-state index contributed by atoms with van der Waals surface area (Å²) in [6.45, 7) is 18.1. The molecule has 0 fully saturated rings. The highest BCUT2D eigenvalue weighted by atomic mass is 16.5. The first-order valence-corrected chi connectivity index (χ1v) is 7.39. The Kier molecular flexibility index (Phi) is 7.46. The molecule has 0 saturated carbocycles. The third-order valence-corrected chi connectivity index (χ3v) is 4.33. The molecule has 18 heavy (non-hydrogen) atoms. The summed E-state index contributed by atoms with van der Waals surface area (Å²) < 4.78 is 5.54. The molecule has 0 spiro atoms. The van der Waals surface area contributed by atoms with E-state index in [0.717, 1.165) is 25.4 Å². The Morgan fingerprint density at radius 2 is 1.56 bits per heavy atom. The summed E-state index contributed by atoms with van der Waals surface area (Å²) in [7, 11) is 1.81. The van der Waals surface area contributed by atoms with Crippen molar-refractivity contribution in [1.82, 2.24) is 5.32 Å². The van der Waals surface area contributed by atoms with Gasteiger partial charge in [0.15, 0.2) is 0 Å². The molecule has 0 aromatic carbocycles. The number of hydrogen-bond donors (Lipinski definition) is 1. The van der Waals surface area contributed by atoms with Crippen LogP contribution in [0.5, 0.6) is 0 Å². The van der Waals surface area contributed by atoms with Gasteiger partial charge in [-0.15, -0.1) is 0 Å². The summed E-state index contributed by atoms with van der Waals surface area (Å²) >= 11 is 0. The summed E-state index contributed by atoms with van der Waals surface area (Å²) in [6.07, 6.45) is 2.32. The number of ether oxygens (including phenoxy) is 1. The molecule has 0 bridgehead atoms. The van der Waals surface area contributed by atoms with Gasteiger partial charge in [0.2, 0.25) is 0 Å². The molecule has 0 aliphatic carbocycles. The van der Waals surface area contributed by atoms with E-state index in [1.807, 2.05) is 7.11 Å². The Morgan fingerprint density at radius 3 is 1.94 bits per heavy atom. The van der Waals surface area contributed by atoms with Crippen LogP contribution < -0.4 is 5.32 Å². The van der Waals surface area contributed by atoms with E-state index in [1.54, 1.807) is 0 Å². The van der Waals surface area contributed by atoms with Gasteiger partial charge in [-0.3, -0.25) is 0 Å². The van der Waals surface area contributed by atoms with Crippen LogP contribution in [0.15, 0.2) is 0 Å². The van der Waals surface area contributed by atoms with Crippen LogP contribution >= 0.6 is 0 Å². The maximum atomic E-state index is 5.54. The van der Waals surface area contributed by atoms with Gasteiger partial charge >= 0.3 is 0 Å². The van der Waals surface area contributed by atoms with Crippen LogP contribution in [0.25, 0.3) is 0 Å². The summed E-state index contributed by atoms with van der Waals surface area (Å²) in [5.41, 5.74) is 0.346. The van der Waals surface area contributed by atoms with Gasteiger partial charge in [-0.2, -0.15) is 0 Å². The lowest BCUT2D eigenvalue weighted by molar-refractivity contribution is 0.000326. The highest BCUT2D eigenvalue weighted by molar-refractivity contribution is 4.83. The van der Waals surface area contributed by atoms with Crippen molar-refractivity contribution in [3.63, 3.8) is 0 Å². The second-order valence-corrected chi connectivity index (χ2v) is 7.30. The maximum absolute atomic E-state index is 5.54. The van der Waals surface area contributed by atoms with Crippen LogP contribution in [0.1, 0.15) is 61.3 Å². The topological polar surface area (TPSA) is 21.3 Å². The van der Waals surface area contributed by atoms with Crippen molar-refractivity contribution in [2.24, 2.45) is 17.3 Å². The van der Waals surface area contributed by atoms with Gasteiger partial charge in [-0.1, -0.05) is 34.6 Å². The minimum atomic E-state index is -0.00576. The van der Waals surface area contributed by atoms with Gasteiger partial charge in [-0.25, -0.2) is 0 Å². The Balaban J connectivity index is 4.34. The first-order chi connectivity index (χ1) is 8.13. The van der Waals surface area contributed by atoms with Crippen LogP contribution in [0.2, 0.25) is 0 Å². The van der Waals surface area contributed by atoms with Crippen LogP contribution in [-0.4, -0.2) is 25.8 Å². The Labute approximate surface area is 115 Å². The molecule has 0 aromatic heterocycles. The molecule has 2 nitrogen and oxygen atoms in total. The minimum absolute atomic E-state index is 0.00576. The molecule has 0 aliphatic rings. The first kappa shape index (κ1) is 17.9. The third kappa shape index (κ3) is 6.75. The predicted octanol–water partition coefficient (Wildman–Crippen LogP) is 4.10. The molecule has 0 rings (SSSR count). The number of methoxy groups -OCH3 is 1. The fourth-order valence-electron chi connectivity index (χ4n) is 1.92. The summed E-state index contributed by atoms with van der Waals surface area (Å²) in [4.78, 5) is 0. The first-order valence-electron chi connectivity index (χ1n) is 7.39. The monoisotopic (exact) mass is 257 g/mol. The summed E-state index contributed by atoms with van der Waals surface area (Å²) in [5.74, 6) is 1.40. The fourth-order valence-corrected chi connectivity index (χ4v) is 1.92. The predicted molar refractivity (Wildman–Crippen MR) is 81.0 cm³/mol. The molecule has 1 unspecified atom stereocenters. The van der Waals surface area contributed by atoms with Crippen LogP contribution in [0.4, 0.5) is 0 Å². The van der Waals surface area contributed by atoms with Crippen molar-refractivity contribution in [3.8, 4) is 0 Å². The van der Waals surface area contributed by atoms with Gasteiger partial charge < -0.3 is 10.1 Å². The Hall–Kier alpha value is -0.0800. The van der Waals surface area contributed by atoms with Crippen LogP contribution in [0, 0.1) is 17.3 Å². The van der Waals surface area contributed by atoms with Crippen molar-refractivity contribution in [3.05, 3.63) is 0 Å². The van der Waals surface area contributed by atoms with E-state index < -0.39 is 0 Å². The quantitative estimate of drug-likeness (QED) is 0.671. The van der Waals surface area contributed by atoms with E-state index in [0.29, 0.717) is 11.3 Å². The molecule has 1 atom stereocenters. The lowest BCUT2D eigenvalue weighted by atomic mass is 9.73. The molecule has 0 radical (unpaired) electrons. The molecule has 0 saturated heterocycles. The van der Waals surface area contributed by atoms with Crippen molar-refractivity contribution >= 4 is 0 Å². The summed E-state index contributed by atoms with van der Waals surface area (Å²) in [5, 5.41) is 3.62. The third-order valence-electron chi connectivity index (χ3n) is 4.33. The normalized spacial score (nSPS) is 16.3. The highest BCUT2D eigenvalue weighted by Crippen LogP contribution is 2.34. The molecule has 0 aromatic rings. The zero-order valence-electron chi connectivity index (χ0n) is 13.9. The largest absolute Gasteiger partial charge is 0.379 e. The number of rotatable bonds is 9. The minimum Gasteiger partial charge on any atom is -0.379 e. The maximum Gasteiger partial charge on any atom is 0.0623 e. The van der Waals surface area contributed by atoms with Gasteiger partial charge in [0.25, 0.3) is 0 Å². The molecule has 0 aliphatic heterocycles. The van der Waals surface area contributed by atoms with E-state index in [9.17, 15) is 0 Å². The SMILES string of the molecule is COC(C)(C)CCC(C)(CNCC(C)C)C(C)C. The average Bonchev–Trinajstić information content (AvgIpc) is 2.26. The molecular weight excluding hydrogens is 222 g/mol. The molecule has 0 heterocycles. The van der Waals surface area contributed by atoms with Crippen molar-refractivity contribution in [1.29, 1.82) is 0 Å². The average molecular weight is 257 g/mol. The van der Waals surface area contributed by atoms with Crippen LogP contribution in [0.3, 0.4) is 0 Å². The second-order valence-electron chi connectivity index (χ2n) is 7.30. The molecule has 0 amide bonds. The number of nitrogens with one attached hydrogen (secondary N) is 1. The molecular formula is C16H35NO. The van der Waals surface area contributed by atoms with E-state index in [4.69, 9.17) is 4.74 Å². The second kappa shape index (κ2) is 7.49. The number of hydrogen-bond acceptors (Lipinski definition) is 2. The van der Waals surface area contributed by atoms with E-state index >= 15 is 0 Å². The smallest absolute Gasteiger partial charge is 0.0623 e. The van der Waals surface area contributed by atoms with Crippen LogP contribution in [-0.2, 0) is 4.74 Å². The summed E-state index contributed by atoms with van der Waals surface area (Å²) in [6, 6.07) is 0. The van der Waals surface area contributed by atoms with Gasteiger partial charge in [0.05, 0.1) is 5.60 Å². The Morgan fingerprint density at radius 1 is 1.00 bits per heavy atom. The van der Waals surface area contributed by atoms with Gasteiger partial charge in [0.1, 0.15) is 0 Å².